The zero-order chi connectivity index (χ0) is 13.0. The van der Waals surface area contributed by atoms with Crippen molar-refractivity contribution in [3.05, 3.63) is 0 Å². The first-order valence-corrected chi connectivity index (χ1v) is 8.00. The molecule has 0 aliphatic carbocycles. The molecule has 0 aliphatic rings. The van der Waals surface area contributed by atoms with Crippen LogP contribution in [-0.2, 0) is 35.6 Å². The van der Waals surface area contributed by atoms with Crippen LogP contribution in [0.25, 0.3) is 0 Å². The van der Waals surface area contributed by atoms with Gasteiger partial charge >= 0.3 is 29.6 Å². The summed E-state index contributed by atoms with van der Waals surface area (Å²) in [5.74, 6) is 0. The Balaban J connectivity index is -0.00000128. The van der Waals surface area contributed by atoms with Crippen molar-refractivity contribution < 1.29 is 67.8 Å². The molecule has 4 nitrogen and oxygen atoms in total. The molecule has 0 aromatic carbocycles. The van der Waals surface area contributed by atoms with Gasteiger partial charge in [0, 0.05) is 21.1 Å². The fraction of sp³-hybridized carbons (Fsp3) is 1.00. The first-order chi connectivity index (χ1) is 8.06. The van der Waals surface area contributed by atoms with Crippen molar-refractivity contribution in [2.45, 2.75) is 71.1 Å². The van der Waals surface area contributed by atoms with Crippen LogP contribution < -0.4 is 29.6 Å². The number of rotatable bonds is 12. The van der Waals surface area contributed by atoms with E-state index in [9.17, 15) is 13.0 Å². The quantitative estimate of drug-likeness (QED) is 0.174. The van der Waals surface area contributed by atoms with Gasteiger partial charge in [-0.25, -0.2) is 8.42 Å². The van der Waals surface area contributed by atoms with Gasteiger partial charge in [-0.3, -0.25) is 4.18 Å². The first kappa shape index (κ1) is 25.5. The maximum absolute atomic E-state index is 10.1. The normalized spacial score (nSPS) is 10.6. The predicted octanol–water partition coefficient (Wildman–Crippen LogP) is 0.386. The summed E-state index contributed by atoms with van der Waals surface area (Å²) in [5, 5.41) is 0. The molecule has 7 heteroatoms. The van der Waals surface area contributed by atoms with Gasteiger partial charge in [0.25, 0.3) is 0 Å². The summed E-state index contributed by atoms with van der Waals surface area (Å²) in [6.07, 6.45) is 11.7. The molecule has 0 aromatic rings. The van der Waals surface area contributed by atoms with Crippen molar-refractivity contribution in [3.63, 3.8) is 0 Å². The molecular formula is C12H25NaO4PtS. The van der Waals surface area contributed by atoms with E-state index < -0.39 is 10.4 Å². The Labute approximate surface area is 155 Å². The van der Waals surface area contributed by atoms with E-state index in [0.717, 1.165) is 12.8 Å². The average Bonchev–Trinajstić information content (AvgIpc) is 2.24. The van der Waals surface area contributed by atoms with Gasteiger partial charge in [0.15, 0.2) is 0 Å². The Hall–Kier alpha value is 1.56. The van der Waals surface area contributed by atoms with Gasteiger partial charge in [-0.15, -0.1) is 0 Å². The second kappa shape index (κ2) is 17.6. The van der Waals surface area contributed by atoms with Gasteiger partial charge in [0.1, 0.15) is 0 Å². The molecule has 0 amide bonds. The zero-order valence-electron chi connectivity index (χ0n) is 12.1. The summed E-state index contributed by atoms with van der Waals surface area (Å²) >= 11 is 0. The van der Waals surface area contributed by atoms with Crippen LogP contribution in [0.2, 0.25) is 0 Å². The molecule has 19 heavy (non-hydrogen) atoms. The number of hydrogen-bond donors (Lipinski definition) is 0. The Morgan fingerprint density at radius 3 is 1.58 bits per heavy atom. The van der Waals surface area contributed by atoms with Crippen LogP contribution in [0.15, 0.2) is 0 Å². The minimum Gasteiger partial charge on any atom is -0.726 e. The molecule has 0 radical (unpaired) electrons. The molecule has 0 atom stereocenters. The van der Waals surface area contributed by atoms with Crippen LogP contribution in [0.3, 0.4) is 0 Å². The summed E-state index contributed by atoms with van der Waals surface area (Å²) in [5.41, 5.74) is 0. The minimum absolute atomic E-state index is 0. The monoisotopic (exact) mass is 483 g/mol. The summed E-state index contributed by atoms with van der Waals surface area (Å²) < 4.78 is 34.5. The molecule has 0 N–H and O–H groups in total. The third kappa shape index (κ3) is 24.9. The summed E-state index contributed by atoms with van der Waals surface area (Å²) in [7, 11) is -4.48. The zero-order valence-corrected chi connectivity index (χ0v) is 17.2. The third-order valence-electron chi connectivity index (χ3n) is 2.73. The van der Waals surface area contributed by atoms with Gasteiger partial charge in [0.05, 0.1) is 6.61 Å². The van der Waals surface area contributed by atoms with Crippen molar-refractivity contribution in [2.24, 2.45) is 0 Å². The molecule has 0 rings (SSSR count). The van der Waals surface area contributed by atoms with Crippen molar-refractivity contribution in [2.75, 3.05) is 6.61 Å². The molecule has 0 saturated heterocycles. The van der Waals surface area contributed by atoms with Gasteiger partial charge < -0.3 is 4.55 Å². The van der Waals surface area contributed by atoms with E-state index in [2.05, 4.69) is 11.1 Å². The largest absolute Gasteiger partial charge is 1.00 e. The molecular weight excluding hydrogens is 458 g/mol. The van der Waals surface area contributed by atoms with Crippen LogP contribution in [0, 0.1) is 0 Å². The average molecular weight is 483 g/mol. The molecule has 0 heterocycles. The fourth-order valence-corrected chi connectivity index (χ4v) is 2.07. The Morgan fingerprint density at radius 2 is 1.21 bits per heavy atom. The van der Waals surface area contributed by atoms with E-state index >= 15 is 0 Å². The van der Waals surface area contributed by atoms with Crippen LogP contribution in [0.4, 0.5) is 0 Å². The Bertz CT molecular complexity index is 260. The van der Waals surface area contributed by atoms with Crippen molar-refractivity contribution >= 4 is 10.4 Å². The fourth-order valence-electron chi connectivity index (χ4n) is 1.75. The van der Waals surface area contributed by atoms with E-state index in [1.807, 2.05) is 0 Å². The summed E-state index contributed by atoms with van der Waals surface area (Å²) in [4.78, 5) is 0. The van der Waals surface area contributed by atoms with E-state index in [-0.39, 0.29) is 57.2 Å². The maximum Gasteiger partial charge on any atom is 1.00 e. The van der Waals surface area contributed by atoms with Crippen molar-refractivity contribution in [1.82, 2.24) is 0 Å². The van der Waals surface area contributed by atoms with E-state index in [1.54, 1.807) is 0 Å². The molecule has 0 unspecified atom stereocenters. The standard InChI is InChI=1S/C12H26O4S.Na.Pt/c1-2-3-4-5-6-7-8-9-10-11-12-16-17(13,14)15;;/h2-12H2,1H3,(H,13,14,15);;/q;+1;/p-1. The predicted molar refractivity (Wildman–Crippen MR) is 67.5 cm³/mol. The van der Waals surface area contributed by atoms with Crippen molar-refractivity contribution in [1.29, 1.82) is 0 Å². The maximum atomic E-state index is 10.1. The van der Waals surface area contributed by atoms with E-state index in [1.165, 1.54) is 44.9 Å². The SMILES string of the molecule is CCCCCCCCCCCCOS(=O)(=O)[O-].[Na+].[Pt]. The van der Waals surface area contributed by atoms with Gasteiger partial charge in [-0.05, 0) is 6.42 Å². The van der Waals surface area contributed by atoms with Gasteiger partial charge in [0.2, 0.25) is 10.4 Å². The number of hydrogen-bond acceptors (Lipinski definition) is 4. The summed E-state index contributed by atoms with van der Waals surface area (Å²) in [6.45, 7) is 2.24. The molecule has 0 fully saturated rings. The van der Waals surface area contributed by atoms with E-state index in [4.69, 9.17) is 0 Å². The topological polar surface area (TPSA) is 66.4 Å². The molecule has 0 saturated carbocycles. The Kier molecular flexibility index (Phi) is 23.6. The second-order valence-corrected chi connectivity index (χ2v) is 5.46. The molecule has 0 aromatic heterocycles. The smallest absolute Gasteiger partial charge is 0.726 e. The summed E-state index contributed by atoms with van der Waals surface area (Å²) in [6, 6.07) is 0. The molecule has 0 bridgehead atoms. The Morgan fingerprint density at radius 1 is 0.842 bits per heavy atom. The second-order valence-electron chi connectivity index (χ2n) is 4.41. The van der Waals surface area contributed by atoms with Crippen LogP contribution >= 0.6 is 0 Å². The van der Waals surface area contributed by atoms with Crippen LogP contribution in [-0.4, -0.2) is 19.6 Å². The molecule has 0 spiro atoms. The molecule has 0 aliphatic heterocycles. The number of unbranched alkanes of at least 4 members (excludes halogenated alkanes) is 9. The first-order valence-electron chi connectivity index (χ1n) is 6.66. The minimum atomic E-state index is -4.48. The van der Waals surface area contributed by atoms with Gasteiger partial charge in [-0.1, -0.05) is 64.7 Å². The van der Waals surface area contributed by atoms with Crippen molar-refractivity contribution in [3.8, 4) is 0 Å². The van der Waals surface area contributed by atoms with E-state index in [0.29, 0.717) is 6.42 Å². The van der Waals surface area contributed by atoms with Crippen LogP contribution in [0.1, 0.15) is 71.1 Å². The van der Waals surface area contributed by atoms with Crippen LogP contribution in [0.5, 0.6) is 0 Å². The van der Waals surface area contributed by atoms with Gasteiger partial charge in [-0.2, -0.15) is 0 Å². The molecule has 114 valence electrons. The third-order valence-corrected chi connectivity index (χ3v) is 3.18.